The van der Waals surface area contributed by atoms with Crippen LogP contribution >= 0.6 is 0 Å². The van der Waals surface area contributed by atoms with Crippen LogP contribution in [0.15, 0.2) is 23.0 Å². The number of carbonyl (C=O) groups excluding carboxylic acids is 1. The molecule has 0 saturated carbocycles. The Labute approximate surface area is 96.4 Å². The molecule has 90 valence electrons. The third-order valence-corrected chi connectivity index (χ3v) is 2.08. The average molecular weight is 224 g/mol. The van der Waals surface area contributed by atoms with Gasteiger partial charge < -0.3 is 15.1 Å². The second kappa shape index (κ2) is 5.70. The van der Waals surface area contributed by atoms with Crippen LogP contribution in [0.2, 0.25) is 0 Å². The molecule has 16 heavy (non-hydrogen) atoms. The summed E-state index contributed by atoms with van der Waals surface area (Å²) in [6, 6.07) is 1.84. The Morgan fingerprint density at radius 1 is 1.44 bits per heavy atom. The highest BCUT2D eigenvalue weighted by atomic mass is 16.3. The minimum absolute atomic E-state index is 0.0537. The monoisotopic (exact) mass is 224 g/mol. The Bertz CT molecular complexity index is 312. The molecule has 0 unspecified atom stereocenters. The van der Waals surface area contributed by atoms with Crippen molar-refractivity contribution in [3.63, 3.8) is 0 Å². The molecule has 0 fully saturated rings. The average Bonchev–Trinajstić information content (AvgIpc) is 2.65. The number of amides is 1. The Kier molecular flexibility index (Phi) is 4.55. The predicted octanol–water partition coefficient (Wildman–Crippen LogP) is 1.67. The van der Waals surface area contributed by atoms with E-state index in [1.54, 1.807) is 12.5 Å². The Hall–Kier alpha value is -1.29. The minimum Gasteiger partial charge on any atom is -0.472 e. The third-order valence-electron chi connectivity index (χ3n) is 2.08. The number of hydrogen-bond acceptors (Lipinski definition) is 3. The van der Waals surface area contributed by atoms with Crippen molar-refractivity contribution in [2.24, 2.45) is 0 Å². The minimum atomic E-state index is 0.0537. The van der Waals surface area contributed by atoms with Crippen LogP contribution in [-0.4, -0.2) is 18.0 Å². The molecule has 0 atom stereocenters. The Balaban J connectivity index is 2.12. The molecule has 0 aliphatic carbocycles. The van der Waals surface area contributed by atoms with Crippen molar-refractivity contribution >= 4 is 5.91 Å². The van der Waals surface area contributed by atoms with E-state index in [0.717, 1.165) is 5.56 Å². The van der Waals surface area contributed by atoms with Crippen molar-refractivity contribution in [2.45, 2.75) is 39.3 Å². The van der Waals surface area contributed by atoms with Crippen molar-refractivity contribution in [3.8, 4) is 0 Å². The summed E-state index contributed by atoms with van der Waals surface area (Å²) < 4.78 is 4.91. The molecule has 0 aromatic carbocycles. The fourth-order valence-corrected chi connectivity index (χ4v) is 1.23. The molecule has 1 heterocycles. The molecule has 2 N–H and O–H groups in total. The van der Waals surface area contributed by atoms with Gasteiger partial charge in [-0.1, -0.05) is 0 Å². The van der Waals surface area contributed by atoms with Gasteiger partial charge in [-0.15, -0.1) is 0 Å². The molecular formula is C12H20N2O2. The van der Waals surface area contributed by atoms with E-state index < -0.39 is 0 Å². The van der Waals surface area contributed by atoms with Crippen LogP contribution in [0, 0.1) is 0 Å². The summed E-state index contributed by atoms with van der Waals surface area (Å²) in [5, 5.41) is 6.10. The zero-order chi connectivity index (χ0) is 12.0. The smallest absolute Gasteiger partial charge is 0.221 e. The number of nitrogens with one attached hydrogen (secondary N) is 2. The first-order valence-corrected chi connectivity index (χ1v) is 5.50. The van der Waals surface area contributed by atoms with Crippen molar-refractivity contribution in [1.82, 2.24) is 10.6 Å². The molecule has 1 aromatic rings. The summed E-state index contributed by atoms with van der Waals surface area (Å²) >= 11 is 0. The number of carbonyl (C=O) groups is 1. The molecule has 1 aromatic heterocycles. The van der Waals surface area contributed by atoms with E-state index in [2.05, 4.69) is 31.4 Å². The lowest BCUT2D eigenvalue weighted by atomic mass is 10.1. The third kappa shape index (κ3) is 5.56. The van der Waals surface area contributed by atoms with E-state index in [1.165, 1.54) is 0 Å². The maximum absolute atomic E-state index is 11.4. The lowest BCUT2D eigenvalue weighted by molar-refractivity contribution is -0.121. The molecule has 0 aliphatic rings. The highest BCUT2D eigenvalue weighted by Crippen LogP contribution is 2.00. The van der Waals surface area contributed by atoms with Crippen molar-refractivity contribution in [1.29, 1.82) is 0 Å². The van der Waals surface area contributed by atoms with Crippen molar-refractivity contribution < 1.29 is 9.21 Å². The molecular weight excluding hydrogens is 204 g/mol. The zero-order valence-electron chi connectivity index (χ0n) is 10.2. The van der Waals surface area contributed by atoms with Crippen LogP contribution in [0.4, 0.5) is 0 Å². The van der Waals surface area contributed by atoms with Gasteiger partial charge in [0.05, 0.1) is 12.5 Å². The lowest BCUT2D eigenvalue weighted by Crippen LogP contribution is -2.38. The van der Waals surface area contributed by atoms with E-state index in [9.17, 15) is 4.79 Å². The maximum atomic E-state index is 11.4. The molecule has 0 spiro atoms. The SMILES string of the molecule is CC(C)(C)NCCC(=O)NCc1ccoc1. The van der Waals surface area contributed by atoms with E-state index >= 15 is 0 Å². The maximum Gasteiger partial charge on any atom is 0.221 e. The molecule has 0 bridgehead atoms. The van der Waals surface area contributed by atoms with E-state index in [4.69, 9.17) is 4.42 Å². The van der Waals surface area contributed by atoms with Gasteiger partial charge in [0.1, 0.15) is 0 Å². The van der Waals surface area contributed by atoms with Crippen molar-refractivity contribution in [2.75, 3.05) is 6.54 Å². The van der Waals surface area contributed by atoms with Crippen LogP contribution < -0.4 is 10.6 Å². The van der Waals surface area contributed by atoms with Gasteiger partial charge in [0.15, 0.2) is 0 Å². The van der Waals surface area contributed by atoms with E-state index in [0.29, 0.717) is 19.5 Å². The quantitative estimate of drug-likeness (QED) is 0.800. The fourth-order valence-electron chi connectivity index (χ4n) is 1.23. The number of furan rings is 1. The van der Waals surface area contributed by atoms with Gasteiger partial charge in [0.25, 0.3) is 0 Å². The highest BCUT2D eigenvalue weighted by molar-refractivity contribution is 5.76. The fraction of sp³-hybridized carbons (Fsp3) is 0.583. The van der Waals surface area contributed by atoms with Gasteiger partial charge in [-0.3, -0.25) is 4.79 Å². The van der Waals surface area contributed by atoms with Crippen LogP contribution in [0.3, 0.4) is 0 Å². The summed E-state index contributed by atoms with van der Waals surface area (Å²) in [6.45, 7) is 7.47. The molecule has 4 heteroatoms. The summed E-state index contributed by atoms with van der Waals surface area (Å²) in [6.07, 6.45) is 3.73. The van der Waals surface area contributed by atoms with Crippen LogP contribution in [0.1, 0.15) is 32.8 Å². The molecule has 0 saturated heterocycles. The molecule has 4 nitrogen and oxygen atoms in total. The first-order chi connectivity index (χ1) is 7.47. The Morgan fingerprint density at radius 2 is 2.19 bits per heavy atom. The zero-order valence-corrected chi connectivity index (χ0v) is 10.2. The van der Waals surface area contributed by atoms with Crippen LogP contribution in [0.5, 0.6) is 0 Å². The summed E-state index contributed by atoms with van der Waals surface area (Å²) in [5.41, 5.74) is 1.04. The highest BCUT2D eigenvalue weighted by Gasteiger charge is 2.09. The number of rotatable bonds is 5. The molecule has 1 amide bonds. The van der Waals surface area contributed by atoms with Gasteiger partial charge in [-0.2, -0.15) is 0 Å². The molecule has 0 radical (unpaired) electrons. The Morgan fingerprint density at radius 3 is 2.75 bits per heavy atom. The van der Waals surface area contributed by atoms with Crippen molar-refractivity contribution in [3.05, 3.63) is 24.2 Å². The second-order valence-electron chi connectivity index (χ2n) is 4.84. The second-order valence-corrected chi connectivity index (χ2v) is 4.84. The summed E-state index contributed by atoms with van der Waals surface area (Å²) in [4.78, 5) is 11.4. The summed E-state index contributed by atoms with van der Waals surface area (Å²) in [5.74, 6) is 0.0537. The predicted molar refractivity (Wildman–Crippen MR) is 62.9 cm³/mol. The topological polar surface area (TPSA) is 54.3 Å². The summed E-state index contributed by atoms with van der Waals surface area (Å²) in [7, 11) is 0. The normalized spacial score (nSPS) is 11.4. The van der Waals surface area contributed by atoms with Gasteiger partial charge in [0, 0.05) is 30.6 Å². The molecule has 0 aliphatic heterocycles. The van der Waals surface area contributed by atoms with Gasteiger partial charge in [-0.05, 0) is 26.8 Å². The van der Waals surface area contributed by atoms with Crippen LogP contribution in [0.25, 0.3) is 0 Å². The largest absolute Gasteiger partial charge is 0.472 e. The first kappa shape index (κ1) is 12.8. The van der Waals surface area contributed by atoms with Crippen LogP contribution in [-0.2, 0) is 11.3 Å². The standard InChI is InChI=1S/C12H20N2O2/c1-12(2,3)14-6-4-11(15)13-8-10-5-7-16-9-10/h5,7,9,14H,4,6,8H2,1-3H3,(H,13,15). The van der Waals surface area contributed by atoms with E-state index in [-0.39, 0.29) is 11.4 Å². The van der Waals surface area contributed by atoms with Gasteiger partial charge in [-0.25, -0.2) is 0 Å². The van der Waals surface area contributed by atoms with Gasteiger partial charge in [0.2, 0.25) is 5.91 Å². The molecule has 1 rings (SSSR count). The van der Waals surface area contributed by atoms with E-state index in [1.807, 2.05) is 6.07 Å². The lowest BCUT2D eigenvalue weighted by Gasteiger charge is -2.20. The first-order valence-electron chi connectivity index (χ1n) is 5.50. The van der Waals surface area contributed by atoms with Gasteiger partial charge >= 0.3 is 0 Å². The number of hydrogen-bond donors (Lipinski definition) is 2.